The molecule has 2 aromatic carbocycles. The van der Waals surface area contributed by atoms with E-state index in [0.717, 1.165) is 198 Å². The maximum atomic E-state index is 14.0. The molecule has 21 heteroatoms. The molecule has 0 spiro atoms. The number of anilines is 2. The lowest BCUT2D eigenvalue weighted by molar-refractivity contribution is -0.368. The van der Waals surface area contributed by atoms with E-state index < -0.39 is 52.8 Å². The Kier molecular flexibility index (Phi) is 29.0. The molecule has 4 aliphatic rings. The molecule has 4 aromatic rings. The zero-order valence-corrected chi connectivity index (χ0v) is 58.9. The molecule has 0 fully saturated rings. The largest absolute Gasteiger partial charge is 0.469 e. The van der Waals surface area contributed by atoms with E-state index in [-0.39, 0.29) is 62.6 Å². The van der Waals surface area contributed by atoms with Gasteiger partial charge in [-0.3, -0.25) is 33.6 Å². The van der Waals surface area contributed by atoms with E-state index in [4.69, 9.17) is 13.6 Å². The first-order valence-electron chi connectivity index (χ1n) is 34.5. The van der Waals surface area contributed by atoms with Gasteiger partial charge >= 0.3 is 17.2 Å². The van der Waals surface area contributed by atoms with Crippen LogP contribution in [0.3, 0.4) is 0 Å². The van der Waals surface area contributed by atoms with E-state index in [1.807, 2.05) is 19.1 Å². The van der Waals surface area contributed by atoms with E-state index in [1.54, 1.807) is 13.8 Å². The number of ether oxygens (including phenoxy) is 1. The van der Waals surface area contributed by atoms with E-state index in [1.165, 1.54) is 60.8 Å². The minimum Gasteiger partial charge on any atom is -0.469 e. The monoisotopic (exact) mass is 1340 g/mol. The molecule has 8 rings (SSSR count). The quantitative estimate of drug-likeness (QED) is 0.0156. The van der Waals surface area contributed by atoms with Crippen LogP contribution >= 0.6 is 23.5 Å². The van der Waals surface area contributed by atoms with Crippen molar-refractivity contribution < 1.29 is 52.9 Å². The Bertz CT molecular complexity index is 3760. The standard InChI is InChI=1S/C40H54N4O7S.C34H43N3O5S/c1-5-6-7-8-9-17-35(46)52-25-33(34(45)23-28(39(48)50-4)14-10-11-18-41)43(3)38(47)29(24-42)22-32-26(2)31-21-27-15-12-19-44-20-13-16-30(36(27)44)37(31)51-40(32)49;1-5-7-8-9-10-15-30(39)43-21-28(29(38)6-2)36(4)33(40)24(20-35)19-27-22(3)26-18-23-13-11-16-37-17-12-14-25(31(23)37)32(26)42-34(27)41/h21-22,28,33H,5-20,23,25,41H2,1-4H3;18-19,28H,5-17,21H2,1-4H3/p+1/b29-22+;24-19+/t28-,33+;28-/m10/s1. The SMILES string of the molecule is CCCCCCCC(=O)SC[C@@H](C(=O)CC)N(C)C(=O)/C(C#N)=C/c1c(C)c2cc3c4c(c2oc1=O)CCCN4CCC3.CCCCCCCC(=O)SC[C@@H](C(=O)C[C@@H](CCCC[NH3+])C(=O)OC)N(C)C(=O)/C(C#N)=C/c1c(C)c2cc3c4c(c2oc1=O)CCCN4CCC3. The van der Waals surface area contributed by atoms with Crippen LogP contribution in [0.1, 0.15) is 200 Å². The molecular formula is C74H98N7O12S2+. The van der Waals surface area contributed by atoms with Crippen LogP contribution in [0.2, 0.25) is 0 Å². The summed E-state index contributed by atoms with van der Waals surface area (Å²) < 4.78 is 16.8. The average molecular weight is 1340 g/mol. The number of benzene rings is 2. The number of nitrogens with zero attached hydrogens (tertiary/aromatic N) is 6. The van der Waals surface area contributed by atoms with Crippen LogP contribution in [0.25, 0.3) is 34.1 Å². The van der Waals surface area contributed by atoms with E-state index in [9.17, 15) is 53.7 Å². The molecule has 3 atom stereocenters. The summed E-state index contributed by atoms with van der Waals surface area (Å²) in [6.45, 7) is 14.3. The summed E-state index contributed by atoms with van der Waals surface area (Å²) in [6.07, 6.45) is 23.0. The van der Waals surface area contributed by atoms with Crippen LogP contribution in [0, 0.1) is 42.4 Å². The Morgan fingerprint density at radius 3 is 1.44 bits per heavy atom. The summed E-state index contributed by atoms with van der Waals surface area (Å²) in [5, 5.41) is 21.7. The lowest BCUT2D eigenvalue weighted by Crippen LogP contribution is -2.50. The maximum Gasteiger partial charge on any atom is 0.343 e. The maximum absolute atomic E-state index is 14.0. The van der Waals surface area contributed by atoms with Crippen molar-refractivity contribution in [3.8, 4) is 12.1 Å². The first-order valence-corrected chi connectivity index (χ1v) is 36.5. The highest BCUT2D eigenvalue weighted by Gasteiger charge is 2.36. The Balaban J connectivity index is 0.000000273. The molecule has 3 N–H and O–H groups in total. The van der Waals surface area contributed by atoms with E-state index in [0.29, 0.717) is 54.5 Å². The van der Waals surface area contributed by atoms with E-state index >= 15 is 0 Å². The number of carbonyl (C=O) groups is 7. The summed E-state index contributed by atoms with van der Waals surface area (Å²) in [5.41, 5.74) is 11.6. The molecular weight excluding hydrogens is 1240 g/mol. The molecule has 2 aromatic heterocycles. The number of likely N-dealkylation sites (N-methyl/N-ethyl adjacent to an activating group) is 2. The number of rotatable bonds is 32. The number of aryl methyl sites for hydroxylation is 6. The Labute approximate surface area is 567 Å². The minimum atomic E-state index is -1.10. The molecule has 512 valence electrons. The molecule has 95 heavy (non-hydrogen) atoms. The normalized spacial score (nSPS) is 15.1. The zero-order chi connectivity index (χ0) is 68.9. The summed E-state index contributed by atoms with van der Waals surface area (Å²) in [4.78, 5) is 126. The summed E-state index contributed by atoms with van der Waals surface area (Å²) >= 11 is 2.05. The van der Waals surface area contributed by atoms with Crippen molar-refractivity contribution in [2.45, 2.75) is 207 Å². The second-order valence-corrected chi connectivity index (χ2v) is 27.8. The van der Waals surface area contributed by atoms with Gasteiger partial charge in [-0.25, -0.2) is 9.59 Å². The van der Waals surface area contributed by atoms with Gasteiger partial charge in [0.1, 0.15) is 34.5 Å². The van der Waals surface area contributed by atoms with Gasteiger partial charge < -0.3 is 38.9 Å². The van der Waals surface area contributed by atoms with Crippen molar-refractivity contribution in [1.29, 1.82) is 10.5 Å². The van der Waals surface area contributed by atoms with Gasteiger partial charge in [0.2, 0.25) is 0 Å². The van der Waals surface area contributed by atoms with Crippen molar-refractivity contribution >= 4 is 109 Å². The fraction of sp³-hybridized carbons (Fsp3) is 0.581. The summed E-state index contributed by atoms with van der Waals surface area (Å²) in [5.74, 6) is -3.16. The predicted molar refractivity (Wildman–Crippen MR) is 376 cm³/mol. The lowest BCUT2D eigenvalue weighted by atomic mass is 9.88. The third kappa shape index (κ3) is 18.8. The molecule has 0 unspecified atom stereocenters. The second kappa shape index (κ2) is 36.7. The van der Waals surface area contributed by atoms with Crippen LogP contribution in [-0.4, -0.2) is 127 Å². The predicted octanol–water partition coefficient (Wildman–Crippen LogP) is 11.4. The fourth-order valence-corrected chi connectivity index (χ4v) is 15.7. The fourth-order valence-electron chi connectivity index (χ4n) is 13.6. The third-order valence-electron chi connectivity index (χ3n) is 19.1. The van der Waals surface area contributed by atoms with Gasteiger partial charge in [-0.15, -0.1) is 0 Å². The lowest BCUT2D eigenvalue weighted by Gasteiger charge is -2.37. The number of hydrogen-bond donors (Lipinski definition) is 1. The Morgan fingerprint density at radius 2 is 1.04 bits per heavy atom. The number of unbranched alkanes of at least 4 members (excludes halogenated alkanes) is 9. The smallest absolute Gasteiger partial charge is 0.343 e. The van der Waals surface area contributed by atoms with Crippen molar-refractivity contribution in [2.24, 2.45) is 5.92 Å². The topological polar surface area (TPSA) is 277 Å². The average Bonchev–Trinajstić information content (AvgIpc) is 0.748. The summed E-state index contributed by atoms with van der Waals surface area (Å²) in [6, 6.07) is 6.09. The van der Waals surface area contributed by atoms with Gasteiger partial charge in [0.15, 0.2) is 21.8 Å². The number of hydrogen-bond acceptors (Lipinski definition) is 18. The number of esters is 1. The molecule has 0 aliphatic carbocycles. The molecule has 0 bridgehead atoms. The van der Waals surface area contributed by atoms with Crippen molar-refractivity contribution in [1.82, 2.24) is 9.80 Å². The van der Waals surface area contributed by atoms with Crippen molar-refractivity contribution in [2.75, 3.05) is 75.2 Å². The molecule has 6 heterocycles. The number of nitriles is 2. The third-order valence-corrected chi connectivity index (χ3v) is 21.2. The number of quaternary nitrogens is 1. The van der Waals surface area contributed by atoms with Gasteiger partial charge in [-0.05, 0) is 144 Å². The second-order valence-electron chi connectivity index (χ2n) is 25.7. The van der Waals surface area contributed by atoms with Gasteiger partial charge in [-0.1, -0.05) is 95.7 Å². The summed E-state index contributed by atoms with van der Waals surface area (Å²) in [7, 11) is 4.16. The first-order chi connectivity index (χ1) is 45.8. The Morgan fingerprint density at radius 1 is 0.621 bits per heavy atom. The number of amides is 2. The highest BCUT2D eigenvalue weighted by molar-refractivity contribution is 8.13. The minimum absolute atomic E-state index is 0.00367. The highest BCUT2D eigenvalue weighted by Crippen LogP contribution is 2.43. The zero-order valence-electron chi connectivity index (χ0n) is 57.3. The van der Waals surface area contributed by atoms with Gasteiger partial charge in [0.25, 0.3) is 11.8 Å². The highest BCUT2D eigenvalue weighted by atomic mass is 32.2. The van der Waals surface area contributed by atoms with Crippen molar-refractivity contribution in [3.63, 3.8) is 0 Å². The van der Waals surface area contributed by atoms with Gasteiger partial charge in [-0.2, -0.15) is 10.5 Å². The number of thioether (sulfide) groups is 2. The van der Waals surface area contributed by atoms with Crippen LogP contribution < -0.4 is 26.8 Å². The van der Waals surface area contributed by atoms with Crippen LogP contribution in [-0.2, 0) is 64.0 Å². The number of Topliss-reactive ketones (excluding diaryl/α,β-unsaturated/α-hetero) is 2. The van der Waals surface area contributed by atoms with E-state index in [2.05, 4.69) is 41.5 Å². The number of fused-ring (bicyclic) bond motifs is 4. The Hall–Kier alpha value is -7.33. The number of ketones is 2. The first kappa shape index (κ1) is 75.1. The molecule has 4 aliphatic heterocycles. The molecule has 2 amide bonds. The molecule has 0 saturated heterocycles. The number of methoxy groups -OCH3 is 1. The van der Waals surface area contributed by atoms with Crippen LogP contribution in [0.4, 0.5) is 11.4 Å². The molecule has 19 nitrogen and oxygen atoms in total. The van der Waals surface area contributed by atoms with Gasteiger partial charge in [0.05, 0.1) is 42.8 Å². The van der Waals surface area contributed by atoms with Crippen LogP contribution in [0.5, 0.6) is 0 Å². The number of carbonyl (C=O) groups excluding carboxylic acids is 7. The van der Waals surface area contributed by atoms with Crippen molar-refractivity contribution in [3.05, 3.63) is 88.6 Å². The molecule has 0 radical (unpaired) electrons. The molecule has 0 saturated carbocycles. The van der Waals surface area contributed by atoms with Crippen LogP contribution in [0.15, 0.2) is 41.7 Å². The van der Waals surface area contributed by atoms with Gasteiger partial charge in [0, 0.05) is 111 Å².